The molecule has 6 heteroatoms. The zero-order valence-corrected chi connectivity index (χ0v) is 28.7. The maximum absolute atomic E-state index is 5.38. The molecule has 0 N–H and O–H groups in total. The fraction of sp³-hybridized carbons (Fsp3) is 0. The lowest BCUT2D eigenvalue weighted by Gasteiger charge is -2.13. The highest BCUT2D eigenvalue weighted by Gasteiger charge is 2.21. The lowest BCUT2D eigenvalue weighted by Crippen LogP contribution is -2.01. The van der Waals surface area contributed by atoms with Gasteiger partial charge in [-0.15, -0.1) is 22.7 Å². The first-order valence-electron chi connectivity index (χ1n) is 16.9. The molecule has 0 aliphatic heterocycles. The van der Waals surface area contributed by atoms with E-state index in [9.17, 15) is 0 Å². The second-order valence-corrected chi connectivity index (χ2v) is 14.9. The van der Waals surface area contributed by atoms with Crippen molar-refractivity contribution in [2.24, 2.45) is 0 Å². The minimum absolute atomic E-state index is 0.656. The summed E-state index contributed by atoms with van der Waals surface area (Å²) in [5, 5.41) is 7.30. The van der Waals surface area contributed by atoms with Crippen molar-refractivity contribution >= 4 is 84.8 Å². The van der Waals surface area contributed by atoms with Gasteiger partial charge in [-0.05, 0) is 42.5 Å². The molecule has 0 saturated heterocycles. The predicted octanol–water partition coefficient (Wildman–Crippen LogP) is 12.7. The van der Waals surface area contributed by atoms with Gasteiger partial charge in [0.25, 0.3) is 0 Å². The molecule has 0 unspecified atom stereocenters. The number of hydrogen-bond donors (Lipinski definition) is 0. The number of benzene rings is 7. The zero-order chi connectivity index (χ0) is 33.5. The van der Waals surface area contributed by atoms with Crippen molar-refractivity contribution in [2.75, 3.05) is 0 Å². The SMILES string of the molecule is c1ccc(-c2nc(-c3cccc4c3sc3ccccc34)nc(-c3cc(-n4c5ccccc5c5ccccc54)cc4sc5ccccc5c34)n2)cc1. The third kappa shape index (κ3) is 4.40. The van der Waals surface area contributed by atoms with E-state index in [-0.39, 0.29) is 0 Å². The van der Waals surface area contributed by atoms with Crippen LogP contribution >= 0.6 is 22.7 Å². The molecule has 11 aromatic rings. The van der Waals surface area contributed by atoms with Gasteiger partial charge >= 0.3 is 0 Å². The van der Waals surface area contributed by atoms with Gasteiger partial charge < -0.3 is 4.57 Å². The molecule has 0 fully saturated rings. The second kappa shape index (κ2) is 11.2. The van der Waals surface area contributed by atoms with Gasteiger partial charge in [-0.1, -0.05) is 115 Å². The summed E-state index contributed by atoms with van der Waals surface area (Å²) < 4.78 is 7.25. The van der Waals surface area contributed by atoms with Crippen LogP contribution in [-0.4, -0.2) is 19.5 Å². The van der Waals surface area contributed by atoms with E-state index >= 15 is 0 Å². The molecule has 11 rings (SSSR count). The third-order valence-corrected chi connectivity index (χ3v) is 12.2. The lowest BCUT2D eigenvalue weighted by atomic mass is 10.0. The molecule has 51 heavy (non-hydrogen) atoms. The van der Waals surface area contributed by atoms with Gasteiger partial charge in [-0.2, -0.15) is 0 Å². The van der Waals surface area contributed by atoms with Crippen molar-refractivity contribution in [2.45, 2.75) is 0 Å². The Morgan fingerprint density at radius 1 is 0.392 bits per heavy atom. The Bertz CT molecular complexity index is 3100. The fourth-order valence-corrected chi connectivity index (χ4v) is 9.98. The van der Waals surface area contributed by atoms with Crippen LogP contribution in [0.3, 0.4) is 0 Å². The van der Waals surface area contributed by atoms with Crippen molar-refractivity contribution in [3.05, 3.63) is 158 Å². The summed E-state index contributed by atoms with van der Waals surface area (Å²) in [4.78, 5) is 15.9. The Hall–Kier alpha value is -6.21. The largest absolute Gasteiger partial charge is 0.309 e. The van der Waals surface area contributed by atoms with Crippen molar-refractivity contribution in [1.82, 2.24) is 19.5 Å². The molecular formula is C45H26N4S2. The van der Waals surface area contributed by atoms with Crippen LogP contribution < -0.4 is 0 Å². The zero-order valence-electron chi connectivity index (χ0n) is 27.1. The third-order valence-electron chi connectivity index (χ3n) is 9.86. The summed E-state index contributed by atoms with van der Waals surface area (Å²) >= 11 is 3.61. The quantitative estimate of drug-likeness (QED) is 0.185. The number of nitrogens with zero attached hydrogens (tertiary/aromatic N) is 4. The molecule has 4 aromatic heterocycles. The van der Waals surface area contributed by atoms with Gasteiger partial charge in [0.2, 0.25) is 0 Å². The maximum Gasteiger partial charge on any atom is 0.165 e. The van der Waals surface area contributed by atoms with Gasteiger partial charge in [0.05, 0.1) is 11.0 Å². The monoisotopic (exact) mass is 686 g/mol. The molecule has 4 heterocycles. The van der Waals surface area contributed by atoms with E-state index in [2.05, 4.69) is 144 Å². The fourth-order valence-electron chi connectivity index (χ4n) is 7.60. The van der Waals surface area contributed by atoms with Gasteiger partial charge in [0.1, 0.15) is 0 Å². The maximum atomic E-state index is 5.38. The number of para-hydroxylation sites is 2. The van der Waals surface area contributed by atoms with Gasteiger partial charge in [-0.3, -0.25) is 0 Å². The molecule has 0 saturated carbocycles. The molecule has 0 radical (unpaired) electrons. The van der Waals surface area contributed by atoms with Crippen LogP contribution in [0, 0.1) is 0 Å². The Kier molecular flexibility index (Phi) is 6.26. The standard InChI is InChI=1S/C45H26N4S2/c1-2-13-27(14-3-1)43-46-44(34-20-12-19-32-31-17-6-10-23-38(31)51-42(32)34)48-45(47-43)35-25-28(26-40-41(35)33-18-7-11-24-39(33)50-40)49-36-21-8-4-15-29(36)30-16-5-9-22-37(30)49/h1-26H. The Balaban J connectivity index is 1.25. The number of aromatic nitrogens is 4. The average molecular weight is 687 g/mol. The van der Waals surface area contributed by atoms with Gasteiger partial charge in [-0.25, -0.2) is 15.0 Å². The highest BCUT2D eigenvalue weighted by atomic mass is 32.1. The molecule has 0 atom stereocenters. The normalized spacial score (nSPS) is 11.9. The molecule has 0 aliphatic rings. The van der Waals surface area contributed by atoms with Crippen molar-refractivity contribution in [3.63, 3.8) is 0 Å². The van der Waals surface area contributed by atoms with Crippen LogP contribution in [-0.2, 0) is 0 Å². The molecule has 0 spiro atoms. The lowest BCUT2D eigenvalue weighted by molar-refractivity contribution is 1.08. The Morgan fingerprint density at radius 3 is 1.71 bits per heavy atom. The van der Waals surface area contributed by atoms with E-state index < -0.39 is 0 Å². The van der Waals surface area contributed by atoms with Crippen molar-refractivity contribution in [1.29, 1.82) is 0 Å². The molecule has 7 aromatic carbocycles. The molecule has 0 aliphatic carbocycles. The summed E-state index contributed by atoms with van der Waals surface area (Å²) in [6.45, 7) is 0. The summed E-state index contributed by atoms with van der Waals surface area (Å²) in [6, 6.07) is 56.0. The van der Waals surface area contributed by atoms with E-state index in [0.717, 1.165) is 27.8 Å². The van der Waals surface area contributed by atoms with E-state index in [0.29, 0.717) is 17.5 Å². The van der Waals surface area contributed by atoms with Crippen LogP contribution in [0.1, 0.15) is 0 Å². The number of rotatable bonds is 4. The molecule has 238 valence electrons. The Labute approximate surface area is 300 Å². The summed E-state index contributed by atoms with van der Waals surface area (Å²) in [6.07, 6.45) is 0. The first-order chi connectivity index (χ1) is 25.3. The van der Waals surface area contributed by atoms with Crippen LogP contribution in [0.4, 0.5) is 0 Å². The molecule has 0 amide bonds. The topological polar surface area (TPSA) is 43.6 Å². The average Bonchev–Trinajstić information content (AvgIpc) is 3.87. The number of hydrogen-bond acceptors (Lipinski definition) is 5. The van der Waals surface area contributed by atoms with Crippen molar-refractivity contribution < 1.29 is 0 Å². The molecule has 0 bridgehead atoms. The smallest absolute Gasteiger partial charge is 0.165 e. The summed E-state index contributed by atoms with van der Waals surface area (Å²) in [5.74, 6) is 1.99. The van der Waals surface area contributed by atoms with Gasteiger partial charge in [0.15, 0.2) is 17.5 Å². The van der Waals surface area contributed by atoms with Crippen LogP contribution in [0.5, 0.6) is 0 Å². The van der Waals surface area contributed by atoms with Gasteiger partial charge in [0, 0.05) is 73.5 Å². The second-order valence-electron chi connectivity index (χ2n) is 12.8. The van der Waals surface area contributed by atoms with Crippen LogP contribution in [0.2, 0.25) is 0 Å². The van der Waals surface area contributed by atoms with E-state index in [1.165, 1.54) is 56.8 Å². The summed E-state index contributed by atoms with van der Waals surface area (Å²) in [5.41, 5.74) is 6.38. The van der Waals surface area contributed by atoms with E-state index in [4.69, 9.17) is 15.0 Å². The summed E-state index contributed by atoms with van der Waals surface area (Å²) in [7, 11) is 0. The highest BCUT2D eigenvalue weighted by Crippen LogP contribution is 2.44. The highest BCUT2D eigenvalue weighted by molar-refractivity contribution is 7.26. The number of fused-ring (bicyclic) bond motifs is 9. The molecular weight excluding hydrogens is 661 g/mol. The first-order valence-corrected chi connectivity index (χ1v) is 18.6. The van der Waals surface area contributed by atoms with Crippen LogP contribution in [0.15, 0.2) is 158 Å². The first kappa shape index (κ1) is 28.6. The minimum atomic E-state index is 0.656. The van der Waals surface area contributed by atoms with Crippen LogP contribution in [0.25, 0.3) is 102 Å². The number of thiophene rings is 2. The van der Waals surface area contributed by atoms with E-state index in [1.54, 1.807) is 11.3 Å². The minimum Gasteiger partial charge on any atom is -0.309 e. The Morgan fingerprint density at radius 2 is 0.961 bits per heavy atom. The van der Waals surface area contributed by atoms with Crippen molar-refractivity contribution in [3.8, 4) is 39.9 Å². The van der Waals surface area contributed by atoms with E-state index in [1.807, 2.05) is 29.5 Å². The predicted molar refractivity (Wildman–Crippen MR) is 216 cm³/mol. The molecule has 4 nitrogen and oxygen atoms in total.